The van der Waals surface area contributed by atoms with Gasteiger partial charge in [-0.3, -0.25) is 9.78 Å². The van der Waals surface area contributed by atoms with Crippen LogP contribution in [0.4, 0.5) is 4.79 Å². The Labute approximate surface area is 146 Å². The van der Waals surface area contributed by atoms with E-state index in [4.69, 9.17) is 0 Å². The van der Waals surface area contributed by atoms with Crippen molar-refractivity contribution in [1.82, 2.24) is 20.6 Å². The van der Waals surface area contributed by atoms with Gasteiger partial charge in [0.25, 0.3) is 5.56 Å². The molecule has 0 unspecified atom stereocenters. The first-order valence-electron chi connectivity index (χ1n) is 8.31. The van der Waals surface area contributed by atoms with E-state index in [-0.39, 0.29) is 17.3 Å². The van der Waals surface area contributed by atoms with E-state index in [1.54, 1.807) is 31.2 Å². The molecule has 4 N–H and O–H groups in total. The summed E-state index contributed by atoms with van der Waals surface area (Å²) in [6, 6.07) is 6.46. The molecule has 0 aliphatic carbocycles. The Kier molecular flexibility index (Phi) is 6.56. The number of carbonyl (C=O) groups is 1. The topological polar surface area (TPSA) is 107 Å². The molecule has 0 atom stereocenters. The van der Waals surface area contributed by atoms with Gasteiger partial charge in [-0.1, -0.05) is 12.1 Å². The number of aryl methyl sites for hydroxylation is 3. The monoisotopic (exact) mass is 344 g/mol. The predicted molar refractivity (Wildman–Crippen MR) is 95.6 cm³/mol. The fraction of sp³-hybridized carbons (Fsp3) is 0.389. The van der Waals surface area contributed by atoms with Gasteiger partial charge in [-0.05, 0) is 50.8 Å². The number of benzene rings is 1. The molecule has 1 heterocycles. The maximum absolute atomic E-state index is 11.7. The number of urea groups is 1. The van der Waals surface area contributed by atoms with Crippen LogP contribution in [0, 0.1) is 13.8 Å². The van der Waals surface area contributed by atoms with Gasteiger partial charge in [0.1, 0.15) is 11.4 Å². The third-order valence-corrected chi connectivity index (χ3v) is 3.89. The summed E-state index contributed by atoms with van der Waals surface area (Å²) >= 11 is 0. The number of phenols is 1. The molecule has 134 valence electrons. The number of carbonyl (C=O) groups excluding carboxylic acids is 1. The molecule has 25 heavy (non-hydrogen) atoms. The highest BCUT2D eigenvalue weighted by Gasteiger charge is 2.05. The van der Waals surface area contributed by atoms with Gasteiger partial charge < -0.3 is 20.7 Å². The second-order valence-electron chi connectivity index (χ2n) is 5.95. The maximum Gasteiger partial charge on any atom is 0.315 e. The van der Waals surface area contributed by atoms with Crippen LogP contribution in [-0.2, 0) is 13.0 Å². The van der Waals surface area contributed by atoms with Crippen molar-refractivity contribution in [2.75, 3.05) is 6.54 Å². The molecule has 2 rings (SSSR count). The molecule has 0 aliphatic rings. The third kappa shape index (κ3) is 5.95. The van der Waals surface area contributed by atoms with Crippen LogP contribution in [0.5, 0.6) is 5.75 Å². The lowest BCUT2D eigenvalue weighted by Gasteiger charge is -2.08. The first kappa shape index (κ1) is 18.5. The Morgan fingerprint density at radius 1 is 1.12 bits per heavy atom. The summed E-state index contributed by atoms with van der Waals surface area (Å²) in [4.78, 5) is 30.4. The molecule has 0 aliphatic heterocycles. The summed E-state index contributed by atoms with van der Waals surface area (Å²) < 4.78 is 0. The van der Waals surface area contributed by atoms with Gasteiger partial charge in [-0.25, -0.2) is 4.79 Å². The summed E-state index contributed by atoms with van der Waals surface area (Å²) in [5.41, 5.74) is 2.95. The Balaban J connectivity index is 1.64. The highest BCUT2D eigenvalue weighted by molar-refractivity contribution is 5.73. The van der Waals surface area contributed by atoms with Crippen molar-refractivity contribution in [1.29, 1.82) is 0 Å². The van der Waals surface area contributed by atoms with Crippen LogP contribution in [-0.4, -0.2) is 27.7 Å². The van der Waals surface area contributed by atoms with Crippen LogP contribution < -0.4 is 16.2 Å². The standard InChI is InChI=1S/C18H24N4O3/c1-12-16(22-17(24)13(2)21-12)5-3-4-10-19-18(25)20-11-14-6-8-15(23)9-7-14/h6-9,23H,3-5,10-11H2,1-2H3,(H,22,24)(H2,19,20,25). The molecular formula is C18H24N4O3. The number of unbranched alkanes of at least 4 members (excludes halogenated alkanes) is 1. The van der Waals surface area contributed by atoms with Gasteiger partial charge in [0.05, 0.1) is 5.69 Å². The normalized spacial score (nSPS) is 10.5. The number of nitrogens with zero attached hydrogens (tertiary/aromatic N) is 1. The second kappa shape index (κ2) is 8.86. The molecule has 0 saturated heterocycles. The molecule has 1 aromatic carbocycles. The number of aromatic nitrogens is 2. The smallest absolute Gasteiger partial charge is 0.315 e. The zero-order valence-corrected chi connectivity index (χ0v) is 14.6. The molecule has 0 radical (unpaired) electrons. The van der Waals surface area contributed by atoms with E-state index in [0.29, 0.717) is 18.8 Å². The Morgan fingerprint density at radius 2 is 1.84 bits per heavy atom. The predicted octanol–water partition coefficient (Wildman–Crippen LogP) is 1.91. The average molecular weight is 344 g/mol. The van der Waals surface area contributed by atoms with Gasteiger partial charge in [0, 0.05) is 18.8 Å². The zero-order chi connectivity index (χ0) is 18.2. The van der Waals surface area contributed by atoms with E-state index in [2.05, 4.69) is 20.6 Å². The minimum atomic E-state index is -0.227. The van der Waals surface area contributed by atoms with Crippen molar-refractivity contribution >= 4 is 6.03 Å². The quantitative estimate of drug-likeness (QED) is 0.576. The molecule has 2 aromatic rings. The number of aromatic amines is 1. The summed E-state index contributed by atoms with van der Waals surface area (Å²) in [6.45, 7) is 4.54. The van der Waals surface area contributed by atoms with Crippen molar-refractivity contribution in [3.63, 3.8) is 0 Å². The fourth-order valence-electron chi connectivity index (χ4n) is 2.42. The van der Waals surface area contributed by atoms with Crippen molar-refractivity contribution in [2.24, 2.45) is 0 Å². The molecule has 2 amide bonds. The van der Waals surface area contributed by atoms with Crippen LogP contribution >= 0.6 is 0 Å². The molecular weight excluding hydrogens is 320 g/mol. The lowest BCUT2D eigenvalue weighted by atomic mass is 10.1. The molecule has 7 nitrogen and oxygen atoms in total. The second-order valence-corrected chi connectivity index (χ2v) is 5.95. The Hall–Kier alpha value is -2.83. The molecule has 7 heteroatoms. The number of H-pyrrole nitrogens is 1. The highest BCUT2D eigenvalue weighted by atomic mass is 16.3. The number of nitrogens with one attached hydrogen (secondary N) is 3. The summed E-state index contributed by atoms with van der Waals surface area (Å²) in [7, 11) is 0. The van der Waals surface area contributed by atoms with Crippen molar-refractivity contribution < 1.29 is 9.90 Å². The lowest BCUT2D eigenvalue weighted by Crippen LogP contribution is -2.35. The van der Waals surface area contributed by atoms with Gasteiger partial charge in [-0.2, -0.15) is 0 Å². The maximum atomic E-state index is 11.7. The molecule has 0 fully saturated rings. The van der Waals surface area contributed by atoms with Gasteiger partial charge in [-0.15, -0.1) is 0 Å². The minimum absolute atomic E-state index is 0.146. The number of hydrogen-bond acceptors (Lipinski definition) is 4. The molecule has 0 bridgehead atoms. The minimum Gasteiger partial charge on any atom is -0.508 e. The van der Waals surface area contributed by atoms with E-state index in [0.717, 1.165) is 36.2 Å². The van der Waals surface area contributed by atoms with Crippen LogP contribution in [0.25, 0.3) is 0 Å². The van der Waals surface area contributed by atoms with E-state index in [1.165, 1.54) is 0 Å². The number of hydrogen-bond donors (Lipinski definition) is 4. The highest BCUT2D eigenvalue weighted by Crippen LogP contribution is 2.09. The largest absolute Gasteiger partial charge is 0.508 e. The van der Waals surface area contributed by atoms with Crippen LogP contribution in [0.15, 0.2) is 29.1 Å². The molecule has 1 aromatic heterocycles. The summed E-state index contributed by atoms with van der Waals surface area (Å²) in [5, 5.41) is 14.8. The molecule has 0 spiro atoms. The first-order valence-corrected chi connectivity index (χ1v) is 8.31. The van der Waals surface area contributed by atoms with E-state index < -0.39 is 0 Å². The Bertz CT molecular complexity index is 769. The number of aromatic hydroxyl groups is 1. The molecule has 0 saturated carbocycles. The van der Waals surface area contributed by atoms with Gasteiger partial charge in [0.2, 0.25) is 0 Å². The summed E-state index contributed by atoms with van der Waals surface area (Å²) in [6.07, 6.45) is 2.38. The number of rotatable bonds is 7. The lowest BCUT2D eigenvalue weighted by molar-refractivity contribution is 0.240. The number of phenolic OH excluding ortho intramolecular Hbond substituents is 1. The van der Waals surface area contributed by atoms with Crippen molar-refractivity contribution in [3.05, 3.63) is 57.3 Å². The van der Waals surface area contributed by atoms with E-state index in [9.17, 15) is 14.7 Å². The number of amides is 2. The van der Waals surface area contributed by atoms with E-state index in [1.807, 2.05) is 6.92 Å². The zero-order valence-electron chi connectivity index (χ0n) is 14.6. The SMILES string of the molecule is Cc1nc(C)c(=O)[nH]c1CCCCNC(=O)NCc1ccc(O)cc1. The van der Waals surface area contributed by atoms with Gasteiger partial charge in [0.15, 0.2) is 0 Å². The van der Waals surface area contributed by atoms with Crippen LogP contribution in [0.2, 0.25) is 0 Å². The first-order chi connectivity index (χ1) is 12.0. The van der Waals surface area contributed by atoms with E-state index >= 15 is 0 Å². The fourth-order valence-corrected chi connectivity index (χ4v) is 2.42. The van der Waals surface area contributed by atoms with Crippen LogP contribution in [0.3, 0.4) is 0 Å². The van der Waals surface area contributed by atoms with Crippen molar-refractivity contribution in [3.8, 4) is 5.75 Å². The third-order valence-electron chi connectivity index (χ3n) is 3.89. The Morgan fingerprint density at radius 3 is 2.56 bits per heavy atom. The van der Waals surface area contributed by atoms with Crippen LogP contribution in [0.1, 0.15) is 35.5 Å². The van der Waals surface area contributed by atoms with Gasteiger partial charge >= 0.3 is 6.03 Å². The average Bonchev–Trinajstić information content (AvgIpc) is 2.58. The summed E-state index contributed by atoms with van der Waals surface area (Å²) in [5.74, 6) is 0.202. The van der Waals surface area contributed by atoms with Crippen molar-refractivity contribution in [2.45, 2.75) is 39.7 Å².